The molecule has 0 aliphatic carbocycles. The summed E-state index contributed by atoms with van der Waals surface area (Å²) in [5.41, 5.74) is -0.499. The second-order valence-electron chi connectivity index (χ2n) is 4.68. The van der Waals surface area contributed by atoms with Gasteiger partial charge in [0.2, 0.25) is 5.79 Å². The monoisotopic (exact) mass is 259 g/mol. The van der Waals surface area contributed by atoms with E-state index in [1.807, 2.05) is 13.8 Å². The quantitative estimate of drug-likeness (QED) is 0.727. The normalized spacial score (nSPS) is 32.7. The van der Waals surface area contributed by atoms with Crippen molar-refractivity contribution in [1.82, 2.24) is 5.32 Å². The second kappa shape index (κ2) is 7.43. The maximum absolute atomic E-state index is 6.07. The summed E-state index contributed by atoms with van der Waals surface area (Å²) in [6.07, 6.45) is 3.95. The molecule has 4 heteroatoms. The predicted octanol–water partition coefficient (Wildman–Crippen LogP) is 2.67. The molecule has 0 saturated carbocycles. The van der Waals surface area contributed by atoms with E-state index >= 15 is 0 Å². The molecular formula is C14H29NO3. The average Bonchev–Trinajstić information content (AvgIpc) is 2.39. The van der Waals surface area contributed by atoms with E-state index in [1.165, 1.54) is 0 Å². The third kappa shape index (κ3) is 3.05. The van der Waals surface area contributed by atoms with Gasteiger partial charge in [0, 0.05) is 26.2 Å². The van der Waals surface area contributed by atoms with Crippen molar-refractivity contribution in [3.05, 3.63) is 0 Å². The molecule has 0 amide bonds. The van der Waals surface area contributed by atoms with Crippen molar-refractivity contribution in [3.8, 4) is 0 Å². The van der Waals surface area contributed by atoms with Crippen molar-refractivity contribution in [3.63, 3.8) is 0 Å². The van der Waals surface area contributed by atoms with Crippen LogP contribution in [0.2, 0.25) is 0 Å². The standard InChI is InChI=1S/C14H29NO3/c1-5-9-10-13(16-7-3)14(6-2,17-8-4)18-12-11-15-13/h15H,5-12H2,1-4H3. The Balaban J connectivity index is 2.97. The minimum atomic E-state index is -0.648. The summed E-state index contributed by atoms with van der Waals surface area (Å²) in [7, 11) is 0. The number of unbranched alkanes of at least 4 members (excludes halogenated alkanes) is 1. The van der Waals surface area contributed by atoms with Gasteiger partial charge < -0.3 is 14.2 Å². The molecule has 1 aliphatic rings. The minimum absolute atomic E-state index is 0.499. The lowest BCUT2D eigenvalue weighted by atomic mass is 9.91. The number of rotatable bonds is 8. The van der Waals surface area contributed by atoms with Crippen LogP contribution in [0.15, 0.2) is 0 Å². The van der Waals surface area contributed by atoms with Crippen LogP contribution in [-0.2, 0) is 14.2 Å². The molecule has 2 atom stereocenters. The zero-order chi connectivity index (χ0) is 13.5. The Labute approximate surface area is 111 Å². The largest absolute Gasteiger partial charge is 0.355 e. The summed E-state index contributed by atoms with van der Waals surface area (Å²) in [6.45, 7) is 11.1. The van der Waals surface area contributed by atoms with E-state index in [0.717, 1.165) is 32.2 Å². The van der Waals surface area contributed by atoms with Gasteiger partial charge in [0.15, 0.2) is 5.72 Å². The van der Waals surface area contributed by atoms with Gasteiger partial charge in [-0.3, -0.25) is 5.32 Å². The average molecular weight is 259 g/mol. The first-order valence-corrected chi connectivity index (χ1v) is 7.37. The van der Waals surface area contributed by atoms with E-state index in [1.54, 1.807) is 0 Å². The molecule has 0 radical (unpaired) electrons. The molecule has 1 saturated heterocycles. The summed E-state index contributed by atoms with van der Waals surface area (Å²) in [5.74, 6) is -0.648. The zero-order valence-electron chi connectivity index (χ0n) is 12.4. The Bertz CT molecular complexity index is 229. The van der Waals surface area contributed by atoms with Crippen LogP contribution in [0.1, 0.15) is 53.4 Å². The van der Waals surface area contributed by atoms with Crippen LogP contribution in [0, 0.1) is 0 Å². The van der Waals surface area contributed by atoms with Crippen LogP contribution >= 0.6 is 0 Å². The molecule has 2 unspecified atom stereocenters. The molecule has 1 N–H and O–H groups in total. The maximum Gasteiger partial charge on any atom is 0.211 e. The molecule has 0 aromatic carbocycles. The van der Waals surface area contributed by atoms with Gasteiger partial charge in [-0.05, 0) is 26.7 Å². The number of nitrogens with one attached hydrogen (secondary N) is 1. The van der Waals surface area contributed by atoms with Crippen molar-refractivity contribution < 1.29 is 14.2 Å². The van der Waals surface area contributed by atoms with Crippen LogP contribution in [0.3, 0.4) is 0 Å². The molecule has 0 spiro atoms. The van der Waals surface area contributed by atoms with E-state index in [9.17, 15) is 0 Å². The third-order valence-electron chi connectivity index (χ3n) is 3.58. The Morgan fingerprint density at radius 2 is 1.83 bits per heavy atom. The Hall–Kier alpha value is -0.160. The highest BCUT2D eigenvalue weighted by Gasteiger charge is 2.55. The first-order valence-electron chi connectivity index (χ1n) is 7.37. The van der Waals surface area contributed by atoms with Crippen molar-refractivity contribution in [1.29, 1.82) is 0 Å². The van der Waals surface area contributed by atoms with Crippen molar-refractivity contribution >= 4 is 0 Å². The van der Waals surface area contributed by atoms with Gasteiger partial charge in [0.1, 0.15) is 0 Å². The number of hydrogen-bond donors (Lipinski definition) is 1. The van der Waals surface area contributed by atoms with Gasteiger partial charge in [-0.15, -0.1) is 0 Å². The lowest BCUT2D eigenvalue weighted by Crippen LogP contribution is -2.70. The van der Waals surface area contributed by atoms with Gasteiger partial charge in [-0.2, -0.15) is 0 Å². The molecule has 0 aromatic heterocycles. The smallest absolute Gasteiger partial charge is 0.211 e. The van der Waals surface area contributed by atoms with Gasteiger partial charge in [0.25, 0.3) is 0 Å². The van der Waals surface area contributed by atoms with Crippen molar-refractivity contribution in [2.75, 3.05) is 26.4 Å². The lowest BCUT2D eigenvalue weighted by molar-refractivity contribution is -0.359. The molecule has 0 bridgehead atoms. The SMILES string of the molecule is CCCCC1(OCC)NCCOC1(CC)OCC. The molecule has 1 rings (SSSR count). The summed E-state index contributed by atoms with van der Waals surface area (Å²) in [4.78, 5) is 0. The van der Waals surface area contributed by atoms with Gasteiger partial charge in [0.05, 0.1) is 6.61 Å². The first kappa shape index (κ1) is 15.9. The third-order valence-corrected chi connectivity index (χ3v) is 3.58. The molecule has 108 valence electrons. The fourth-order valence-electron chi connectivity index (χ4n) is 2.79. The van der Waals surface area contributed by atoms with E-state index in [-0.39, 0.29) is 0 Å². The molecule has 4 nitrogen and oxygen atoms in total. The van der Waals surface area contributed by atoms with Crippen LogP contribution in [0.25, 0.3) is 0 Å². The fourth-order valence-corrected chi connectivity index (χ4v) is 2.79. The van der Waals surface area contributed by atoms with Crippen LogP contribution in [0.5, 0.6) is 0 Å². The van der Waals surface area contributed by atoms with E-state index in [0.29, 0.717) is 19.8 Å². The molecule has 18 heavy (non-hydrogen) atoms. The van der Waals surface area contributed by atoms with Gasteiger partial charge in [-0.25, -0.2) is 0 Å². The zero-order valence-corrected chi connectivity index (χ0v) is 12.4. The second-order valence-corrected chi connectivity index (χ2v) is 4.68. The summed E-state index contributed by atoms with van der Waals surface area (Å²) >= 11 is 0. The predicted molar refractivity (Wildman–Crippen MR) is 72.5 cm³/mol. The molecule has 1 fully saturated rings. The lowest BCUT2D eigenvalue weighted by Gasteiger charge is -2.52. The highest BCUT2D eigenvalue weighted by atomic mass is 16.7. The maximum atomic E-state index is 6.07. The van der Waals surface area contributed by atoms with Crippen LogP contribution < -0.4 is 5.32 Å². The first-order chi connectivity index (χ1) is 8.70. The summed E-state index contributed by atoms with van der Waals surface area (Å²) in [5, 5.41) is 3.52. The Morgan fingerprint density at radius 3 is 2.39 bits per heavy atom. The fraction of sp³-hybridized carbons (Fsp3) is 1.00. The number of hydrogen-bond acceptors (Lipinski definition) is 4. The highest BCUT2D eigenvalue weighted by Crippen LogP contribution is 2.38. The van der Waals surface area contributed by atoms with Crippen LogP contribution in [0.4, 0.5) is 0 Å². The highest BCUT2D eigenvalue weighted by molar-refractivity contribution is 4.96. The van der Waals surface area contributed by atoms with Gasteiger partial charge >= 0.3 is 0 Å². The number of ether oxygens (including phenoxy) is 3. The summed E-state index contributed by atoms with van der Waals surface area (Å²) in [6, 6.07) is 0. The summed E-state index contributed by atoms with van der Waals surface area (Å²) < 4.78 is 18.1. The topological polar surface area (TPSA) is 39.7 Å². The van der Waals surface area contributed by atoms with Crippen molar-refractivity contribution in [2.24, 2.45) is 0 Å². The van der Waals surface area contributed by atoms with Crippen LogP contribution in [-0.4, -0.2) is 37.9 Å². The molecule has 1 heterocycles. The molecular weight excluding hydrogens is 230 g/mol. The van der Waals surface area contributed by atoms with E-state index in [4.69, 9.17) is 14.2 Å². The van der Waals surface area contributed by atoms with E-state index in [2.05, 4.69) is 19.2 Å². The van der Waals surface area contributed by atoms with E-state index < -0.39 is 11.5 Å². The Kier molecular flexibility index (Phi) is 6.57. The number of morpholine rings is 1. The van der Waals surface area contributed by atoms with Gasteiger partial charge in [-0.1, -0.05) is 20.3 Å². The molecule has 1 aliphatic heterocycles. The minimum Gasteiger partial charge on any atom is -0.355 e. The Morgan fingerprint density at radius 1 is 1.11 bits per heavy atom. The van der Waals surface area contributed by atoms with Crippen molar-refractivity contribution in [2.45, 2.75) is 64.9 Å². The molecule has 0 aromatic rings.